The molecule has 4 N–H and O–H groups in total. The predicted molar refractivity (Wildman–Crippen MR) is 103 cm³/mol. The average molecular weight is 388 g/mol. The Morgan fingerprint density at radius 3 is 1.57 bits per heavy atom. The molecule has 0 fully saturated rings. The summed E-state index contributed by atoms with van der Waals surface area (Å²) in [5, 5.41) is 23.3. The minimum absolute atomic E-state index is 0.632. The Morgan fingerprint density at radius 1 is 0.714 bits per heavy atom. The van der Waals surface area contributed by atoms with E-state index in [4.69, 9.17) is 19.9 Å². The summed E-state index contributed by atoms with van der Waals surface area (Å²) in [7, 11) is 0. The van der Waals surface area contributed by atoms with Gasteiger partial charge in [-0.25, -0.2) is 9.97 Å². The first-order valence-electron chi connectivity index (χ1n) is 9.47. The highest BCUT2D eigenvalue weighted by atomic mass is 16.5. The second-order valence-electron chi connectivity index (χ2n) is 6.20. The van der Waals surface area contributed by atoms with Crippen LogP contribution in [0.15, 0.2) is 47.0 Å². The van der Waals surface area contributed by atoms with Gasteiger partial charge in [0.25, 0.3) is 11.4 Å². The van der Waals surface area contributed by atoms with E-state index in [9.17, 15) is 0 Å². The number of H-pyrrole nitrogens is 2. The molecule has 0 spiro atoms. The average Bonchev–Trinajstić information content (AvgIpc) is 2.72. The van der Waals surface area contributed by atoms with Crippen molar-refractivity contribution in [2.75, 3.05) is 13.2 Å². The number of aromatic nitrogens is 2. The third-order valence-corrected chi connectivity index (χ3v) is 4.12. The van der Waals surface area contributed by atoms with Crippen LogP contribution in [0, 0.1) is 0 Å². The molecule has 150 valence electrons. The Kier molecular flexibility index (Phi) is 9.87. The smallest absolute Gasteiger partial charge is 0.267 e. The first kappa shape index (κ1) is 21.1. The molecule has 28 heavy (non-hydrogen) atoms. The van der Waals surface area contributed by atoms with E-state index in [-0.39, 0.29) is 0 Å². The molecule has 2 aromatic heterocycles. The fourth-order valence-electron chi connectivity index (χ4n) is 2.71. The molecule has 0 amide bonds. The number of nitrogens with zero attached hydrogens (tertiary/aromatic N) is 2. The van der Waals surface area contributed by atoms with Gasteiger partial charge in [-0.3, -0.25) is 0 Å². The lowest BCUT2D eigenvalue weighted by atomic mass is 10.1. The van der Waals surface area contributed by atoms with E-state index in [1.807, 2.05) is 24.3 Å². The minimum atomic E-state index is 0.632. The highest BCUT2D eigenvalue weighted by Crippen LogP contribution is 2.14. The SMILES string of the molecule is O/N=C\c1[nH+]cccc1OCCCCCCCCOc1ccc[nH+]c1/C=N\O. The van der Waals surface area contributed by atoms with E-state index in [0.29, 0.717) is 36.1 Å². The summed E-state index contributed by atoms with van der Waals surface area (Å²) < 4.78 is 11.5. The second kappa shape index (κ2) is 13.1. The van der Waals surface area contributed by atoms with Crippen molar-refractivity contribution in [2.45, 2.75) is 38.5 Å². The van der Waals surface area contributed by atoms with Crippen LogP contribution in [0.1, 0.15) is 49.9 Å². The van der Waals surface area contributed by atoms with Crippen LogP contribution >= 0.6 is 0 Å². The van der Waals surface area contributed by atoms with Crippen LogP contribution in [0.4, 0.5) is 0 Å². The highest BCUT2D eigenvalue weighted by molar-refractivity contribution is 5.78. The standard InChI is InChI=1S/C20H26N4O4/c25-23-15-17-19(9-7-11-21-17)27-13-5-3-1-2-4-6-14-28-20-10-8-12-22-18(20)16-24-26/h7-12,15-16,25-26H,1-6,13-14H2/p+2/b23-15-,24-16-. The summed E-state index contributed by atoms with van der Waals surface area (Å²) in [5.41, 5.74) is 1.30. The molecule has 8 heteroatoms. The van der Waals surface area contributed by atoms with Crippen LogP contribution in [-0.4, -0.2) is 36.1 Å². The molecule has 0 aliphatic carbocycles. The highest BCUT2D eigenvalue weighted by Gasteiger charge is 2.08. The number of nitrogens with one attached hydrogen (secondary N) is 2. The van der Waals surface area contributed by atoms with Gasteiger partial charge < -0.3 is 19.9 Å². The molecule has 0 aliphatic rings. The Balaban J connectivity index is 1.51. The summed E-state index contributed by atoms with van der Waals surface area (Å²) in [6.45, 7) is 1.26. The Morgan fingerprint density at radius 2 is 1.14 bits per heavy atom. The molecule has 0 saturated heterocycles. The molecule has 0 unspecified atom stereocenters. The molecule has 0 aromatic carbocycles. The Bertz CT molecular complexity index is 689. The first-order chi connectivity index (χ1) is 13.8. The first-order valence-corrected chi connectivity index (χ1v) is 9.47. The van der Waals surface area contributed by atoms with E-state index < -0.39 is 0 Å². The van der Waals surface area contributed by atoms with E-state index in [0.717, 1.165) is 38.5 Å². The predicted octanol–water partition coefficient (Wildman–Crippen LogP) is 2.73. The van der Waals surface area contributed by atoms with Crippen molar-refractivity contribution in [3.8, 4) is 11.5 Å². The van der Waals surface area contributed by atoms with Crippen molar-refractivity contribution in [2.24, 2.45) is 10.3 Å². The van der Waals surface area contributed by atoms with Crippen LogP contribution in [0.3, 0.4) is 0 Å². The third-order valence-electron chi connectivity index (χ3n) is 4.12. The van der Waals surface area contributed by atoms with Gasteiger partial charge in [0.05, 0.1) is 13.2 Å². The molecular weight excluding hydrogens is 360 g/mol. The van der Waals surface area contributed by atoms with Gasteiger partial charge in [0, 0.05) is 12.1 Å². The molecule has 0 radical (unpaired) electrons. The number of hydrogen-bond acceptors (Lipinski definition) is 6. The van der Waals surface area contributed by atoms with E-state index in [1.165, 1.54) is 12.4 Å². The molecule has 0 atom stereocenters. The zero-order valence-electron chi connectivity index (χ0n) is 15.9. The van der Waals surface area contributed by atoms with E-state index in [2.05, 4.69) is 20.3 Å². The van der Waals surface area contributed by atoms with Crippen molar-refractivity contribution in [1.29, 1.82) is 0 Å². The van der Waals surface area contributed by atoms with Gasteiger partial charge in [0.2, 0.25) is 0 Å². The van der Waals surface area contributed by atoms with E-state index >= 15 is 0 Å². The molecule has 0 aliphatic heterocycles. The molecular formula is C20H28N4O4+2. The van der Waals surface area contributed by atoms with E-state index in [1.54, 1.807) is 12.4 Å². The summed E-state index contributed by atoms with van der Waals surface area (Å²) in [5.74, 6) is 1.36. The van der Waals surface area contributed by atoms with Crippen LogP contribution in [0.2, 0.25) is 0 Å². The van der Waals surface area contributed by atoms with Gasteiger partial charge in [0.1, 0.15) is 12.4 Å². The number of ether oxygens (including phenoxy) is 2. The molecule has 2 heterocycles. The fraction of sp³-hybridized carbons (Fsp3) is 0.400. The van der Waals surface area contributed by atoms with Gasteiger partial charge in [-0.15, -0.1) is 0 Å². The summed E-state index contributed by atoms with van der Waals surface area (Å²) in [4.78, 5) is 5.95. The van der Waals surface area contributed by atoms with Crippen LogP contribution in [-0.2, 0) is 0 Å². The number of pyridine rings is 2. The summed E-state index contributed by atoms with van der Waals surface area (Å²) in [6.07, 6.45) is 12.6. The zero-order chi connectivity index (χ0) is 19.9. The molecule has 0 bridgehead atoms. The lowest BCUT2D eigenvalue weighted by Crippen LogP contribution is -2.12. The van der Waals surface area contributed by atoms with Crippen LogP contribution in [0.25, 0.3) is 0 Å². The fourth-order valence-corrected chi connectivity index (χ4v) is 2.71. The number of unbranched alkanes of at least 4 members (excludes halogenated alkanes) is 5. The van der Waals surface area contributed by atoms with Gasteiger partial charge in [0.15, 0.2) is 23.9 Å². The lowest BCUT2D eigenvalue weighted by Gasteiger charge is -2.06. The molecule has 2 aromatic rings. The van der Waals surface area contributed by atoms with Crippen molar-refractivity contribution in [3.63, 3.8) is 0 Å². The maximum Gasteiger partial charge on any atom is 0.267 e. The topological polar surface area (TPSA) is 112 Å². The largest absolute Gasteiger partial charge is 0.487 e. The maximum absolute atomic E-state index is 8.64. The van der Waals surface area contributed by atoms with Crippen LogP contribution < -0.4 is 19.4 Å². The van der Waals surface area contributed by atoms with Gasteiger partial charge in [-0.1, -0.05) is 36.0 Å². The normalized spacial score (nSPS) is 11.3. The summed E-state index contributed by atoms with van der Waals surface area (Å²) in [6, 6.07) is 7.38. The maximum atomic E-state index is 8.64. The van der Waals surface area contributed by atoms with Gasteiger partial charge in [-0.05, 0) is 25.0 Å². The third kappa shape index (κ3) is 7.61. The number of oxime groups is 2. The van der Waals surface area contributed by atoms with Gasteiger partial charge >= 0.3 is 0 Å². The lowest BCUT2D eigenvalue weighted by molar-refractivity contribution is -0.381. The number of aromatic amines is 2. The van der Waals surface area contributed by atoms with Crippen LogP contribution in [0.5, 0.6) is 11.5 Å². The van der Waals surface area contributed by atoms with Crippen molar-refractivity contribution >= 4 is 12.4 Å². The van der Waals surface area contributed by atoms with Crippen molar-refractivity contribution < 1.29 is 29.9 Å². The molecule has 0 saturated carbocycles. The monoisotopic (exact) mass is 388 g/mol. The second-order valence-corrected chi connectivity index (χ2v) is 6.20. The minimum Gasteiger partial charge on any atom is -0.487 e. The molecule has 2 rings (SSSR count). The van der Waals surface area contributed by atoms with Gasteiger partial charge in [-0.2, -0.15) is 0 Å². The summed E-state index contributed by atoms with van der Waals surface area (Å²) >= 11 is 0. The quantitative estimate of drug-likeness (QED) is 0.238. The van der Waals surface area contributed by atoms with Crippen molar-refractivity contribution in [1.82, 2.24) is 0 Å². The Labute approximate surface area is 164 Å². The number of rotatable bonds is 13. The van der Waals surface area contributed by atoms with Crippen molar-refractivity contribution in [3.05, 3.63) is 48.0 Å². The zero-order valence-corrected chi connectivity index (χ0v) is 15.9. The number of hydrogen-bond donors (Lipinski definition) is 2. The molecule has 8 nitrogen and oxygen atoms in total. The Hall–Kier alpha value is -3.16.